The molecule has 2 rings (SSSR count). The first-order chi connectivity index (χ1) is 10.0. The van der Waals surface area contributed by atoms with E-state index in [2.05, 4.69) is 15.4 Å². The van der Waals surface area contributed by atoms with Gasteiger partial charge in [-0.3, -0.25) is 9.80 Å². The van der Waals surface area contributed by atoms with Crippen molar-refractivity contribution in [2.75, 3.05) is 12.1 Å². The highest BCUT2D eigenvalue weighted by molar-refractivity contribution is 6.42. The number of ketones is 1. The Morgan fingerprint density at radius 1 is 1.57 bits per heavy atom. The molecule has 0 fully saturated rings. The number of H-pyrrole nitrogens is 1. The number of fused-ring (bicyclic) bond motifs is 1. The van der Waals surface area contributed by atoms with E-state index in [9.17, 15) is 14.0 Å². The fraction of sp³-hybridized carbons (Fsp3) is 0.0833. The van der Waals surface area contributed by atoms with Crippen molar-refractivity contribution in [3.63, 3.8) is 0 Å². The van der Waals surface area contributed by atoms with Crippen molar-refractivity contribution in [2.45, 2.75) is 0 Å². The van der Waals surface area contributed by atoms with E-state index in [1.54, 1.807) is 7.05 Å². The SMILES string of the molecule is CNN(/C=C\N)c1ncc(F)c2c(C(=O)C(=O)O)c[nH]c12. The van der Waals surface area contributed by atoms with Crippen LogP contribution in [0.15, 0.2) is 24.8 Å². The summed E-state index contributed by atoms with van der Waals surface area (Å²) in [5, 5.41) is 10.0. The van der Waals surface area contributed by atoms with Crippen LogP contribution in [-0.4, -0.2) is 33.9 Å². The molecule has 9 heteroatoms. The first-order valence-electron chi connectivity index (χ1n) is 5.79. The van der Waals surface area contributed by atoms with Crippen molar-refractivity contribution < 1.29 is 19.1 Å². The van der Waals surface area contributed by atoms with Crippen LogP contribution in [0.25, 0.3) is 10.9 Å². The molecule has 0 aliphatic rings. The summed E-state index contributed by atoms with van der Waals surface area (Å²) in [5.74, 6) is -3.43. The molecule has 0 radical (unpaired) electrons. The Kier molecular flexibility index (Phi) is 3.85. The predicted octanol–water partition coefficient (Wildman–Crippen LogP) is 0.340. The topological polar surface area (TPSA) is 124 Å². The van der Waals surface area contributed by atoms with Gasteiger partial charge in [0.2, 0.25) is 0 Å². The van der Waals surface area contributed by atoms with Gasteiger partial charge in [0.05, 0.1) is 22.7 Å². The average Bonchev–Trinajstić information content (AvgIpc) is 2.90. The van der Waals surface area contributed by atoms with Crippen molar-refractivity contribution in [1.29, 1.82) is 0 Å². The van der Waals surface area contributed by atoms with Crippen LogP contribution in [0, 0.1) is 5.82 Å². The van der Waals surface area contributed by atoms with E-state index in [0.29, 0.717) is 0 Å². The van der Waals surface area contributed by atoms with Crippen LogP contribution in [0.3, 0.4) is 0 Å². The Balaban J connectivity index is 2.70. The van der Waals surface area contributed by atoms with Gasteiger partial charge in [0.1, 0.15) is 0 Å². The summed E-state index contributed by atoms with van der Waals surface area (Å²) in [6, 6.07) is 0. The normalized spacial score (nSPS) is 11.1. The molecule has 5 N–H and O–H groups in total. The van der Waals surface area contributed by atoms with Gasteiger partial charge in [0.25, 0.3) is 5.78 Å². The molecule has 2 heterocycles. The van der Waals surface area contributed by atoms with Crippen LogP contribution in [-0.2, 0) is 4.79 Å². The van der Waals surface area contributed by atoms with Gasteiger partial charge in [-0.2, -0.15) is 0 Å². The van der Waals surface area contributed by atoms with E-state index in [1.165, 1.54) is 17.4 Å². The number of aliphatic carboxylic acids is 1. The Hall–Kier alpha value is -2.94. The highest BCUT2D eigenvalue weighted by Crippen LogP contribution is 2.28. The molecule has 0 aliphatic heterocycles. The molecule has 0 atom stereocenters. The van der Waals surface area contributed by atoms with Crippen LogP contribution >= 0.6 is 0 Å². The number of carbonyl (C=O) groups excluding carboxylic acids is 1. The Morgan fingerprint density at radius 3 is 2.86 bits per heavy atom. The molecule has 0 spiro atoms. The minimum Gasteiger partial charge on any atom is -0.475 e. The highest BCUT2D eigenvalue weighted by atomic mass is 19.1. The smallest absolute Gasteiger partial charge is 0.377 e. The molecule has 21 heavy (non-hydrogen) atoms. The van der Waals surface area contributed by atoms with Crippen LogP contribution in [0.2, 0.25) is 0 Å². The molecule has 8 nitrogen and oxygen atoms in total. The minimum absolute atomic E-state index is 0.141. The minimum atomic E-state index is -1.67. The van der Waals surface area contributed by atoms with E-state index in [1.807, 2.05) is 0 Å². The molecular formula is C12H12FN5O3. The zero-order valence-electron chi connectivity index (χ0n) is 10.9. The van der Waals surface area contributed by atoms with E-state index in [4.69, 9.17) is 10.8 Å². The zero-order chi connectivity index (χ0) is 15.6. The van der Waals surface area contributed by atoms with Crippen molar-refractivity contribution >= 4 is 28.5 Å². The van der Waals surface area contributed by atoms with Crippen molar-refractivity contribution in [2.24, 2.45) is 5.73 Å². The summed E-state index contributed by atoms with van der Waals surface area (Å²) in [7, 11) is 1.59. The molecule has 0 bridgehead atoms. The monoisotopic (exact) mass is 293 g/mol. The average molecular weight is 293 g/mol. The number of nitrogens with zero attached hydrogens (tertiary/aromatic N) is 2. The van der Waals surface area contributed by atoms with Crippen molar-refractivity contribution in [3.05, 3.63) is 36.2 Å². The molecule has 0 unspecified atom stereocenters. The number of nitrogens with two attached hydrogens (primary N) is 1. The number of nitrogens with one attached hydrogen (secondary N) is 2. The number of aromatic amines is 1. The number of carboxylic acid groups (broad SMARTS) is 1. The summed E-state index contributed by atoms with van der Waals surface area (Å²) >= 11 is 0. The quantitative estimate of drug-likeness (QED) is 0.356. The Labute approximate surface area is 118 Å². The fourth-order valence-electron chi connectivity index (χ4n) is 1.91. The van der Waals surface area contributed by atoms with Gasteiger partial charge in [0.15, 0.2) is 11.6 Å². The summed E-state index contributed by atoms with van der Waals surface area (Å²) in [6.45, 7) is 0. The maximum absolute atomic E-state index is 13.9. The van der Waals surface area contributed by atoms with E-state index in [0.717, 1.165) is 12.4 Å². The maximum Gasteiger partial charge on any atom is 0.377 e. The Morgan fingerprint density at radius 2 is 2.29 bits per heavy atom. The van der Waals surface area contributed by atoms with Crippen LogP contribution in [0.4, 0.5) is 10.2 Å². The number of pyridine rings is 1. The first kappa shape index (κ1) is 14.5. The van der Waals surface area contributed by atoms with Crippen molar-refractivity contribution in [3.8, 4) is 0 Å². The molecule has 0 saturated carbocycles. The third-order valence-corrected chi connectivity index (χ3v) is 2.79. The largest absolute Gasteiger partial charge is 0.475 e. The molecule has 0 amide bonds. The van der Waals surface area contributed by atoms with E-state index >= 15 is 0 Å². The second kappa shape index (κ2) is 5.59. The third kappa shape index (κ3) is 2.41. The highest BCUT2D eigenvalue weighted by Gasteiger charge is 2.24. The zero-order valence-corrected chi connectivity index (χ0v) is 10.9. The van der Waals surface area contributed by atoms with E-state index in [-0.39, 0.29) is 22.3 Å². The maximum atomic E-state index is 13.9. The number of carbonyl (C=O) groups is 2. The lowest BCUT2D eigenvalue weighted by molar-refractivity contribution is -0.131. The third-order valence-electron chi connectivity index (χ3n) is 2.79. The van der Waals surface area contributed by atoms with Crippen LogP contribution < -0.4 is 16.2 Å². The Bertz CT molecular complexity index is 740. The number of hydrazine groups is 1. The van der Waals surface area contributed by atoms with Crippen LogP contribution in [0.5, 0.6) is 0 Å². The number of hydrogen-bond donors (Lipinski definition) is 4. The molecule has 2 aromatic rings. The summed E-state index contributed by atoms with van der Waals surface area (Å²) < 4.78 is 13.9. The van der Waals surface area contributed by atoms with Gasteiger partial charge in [-0.25, -0.2) is 19.6 Å². The van der Waals surface area contributed by atoms with Crippen LogP contribution in [0.1, 0.15) is 10.4 Å². The molecule has 0 aromatic carbocycles. The van der Waals surface area contributed by atoms with Gasteiger partial charge in [0, 0.05) is 25.6 Å². The number of hydrogen-bond acceptors (Lipinski definition) is 6. The lowest BCUT2D eigenvalue weighted by Crippen LogP contribution is -2.30. The lowest BCUT2D eigenvalue weighted by Gasteiger charge is -2.18. The molecule has 2 aromatic heterocycles. The molecule has 110 valence electrons. The predicted molar refractivity (Wildman–Crippen MR) is 72.9 cm³/mol. The number of anilines is 1. The number of carboxylic acids is 1. The molecule has 0 aliphatic carbocycles. The van der Waals surface area contributed by atoms with Gasteiger partial charge >= 0.3 is 5.97 Å². The first-order valence-corrected chi connectivity index (χ1v) is 5.79. The number of Topliss-reactive ketones (excluding diaryl/α,β-unsaturated/α-hetero) is 1. The second-order valence-corrected chi connectivity index (χ2v) is 3.95. The molecule has 0 saturated heterocycles. The second-order valence-electron chi connectivity index (χ2n) is 3.95. The van der Waals surface area contributed by atoms with Gasteiger partial charge < -0.3 is 15.8 Å². The fourth-order valence-corrected chi connectivity index (χ4v) is 1.91. The van der Waals surface area contributed by atoms with E-state index < -0.39 is 17.6 Å². The summed E-state index contributed by atoms with van der Waals surface area (Å²) in [4.78, 5) is 28.9. The number of rotatable bonds is 5. The van der Waals surface area contributed by atoms with Crippen molar-refractivity contribution in [1.82, 2.24) is 15.4 Å². The number of halogens is 1. The van der Waals surface area contributed by atoms with Gasteiger partial charge in [-0.15, -0.1) is 0 Å². The van der Waals surface area contributed by atoms with Gasteiger partial charge in [-0.05, 0) is 0 Å². The standard InChI is InChI=1S/C12H12FN5O3/c1-15-18(3-2-14)11-9-8(7(13)5-17-11)6(4-16-9)10(19)12(20)21/h2-5,15-16H,14H2,1H3,(H,20,21)/b3-2-. The lowest BCUT2D eigenvalue weighted by atomic mass is 10.1. The summed E-state index contributed by atoms with van der Waals surface area (Å²) in [6.07, 6.45) is 4.70. The molecular weight excluding hydrogens is 281 g/mol. The number of aromatic nitrogens is 2. The summed E-state index contributed by atoms with van der Waals surface area (Å²) in [5.41, 5.74) is 7.96. The van der Waals surface area contributed by atoms with Gasteiger partial charge in [-0.1, -0.05) is 0 Å².